The average molecular weight is 219 g/mol. The molecule has 0 radical (unpaired) electrons. The molecule has 1 N–H and O–H groups in total. The van der Waals surface area contributed by atoms with Gasteiger partial charge in [-0.15, -0.1) is 0 Å². The van der Waals surface area contributed by atoms with Crippen LogP contribution in [0.25, 0.3) is 0 Å². The smallest absolute Gasteiger partial charge is 0.303 e. The number of anilines is 1. The van der Waals surface area contributed by atoms with E-state index in [0.717, 1.165) is 12.1 Å². The lowest BCUT2D eigenvalue weighted by atomic mass is 10.0. The Kier molecular flexibility index (Phi) is 3.13. The van der Waals surface area contributed by atoms with Crippen LogP contribution in [0.15, 0.2) is 24.3 Å². The Hall–Kier alpha value is -1.51. The van der Waals surface area contributed by atoms with Gasteiger partial charge < -0.3 is 10.0 Å². The Morgan fingerprint density at radius 3 is 2.56 bits per heavy atom. The molecule has 1 saturated heterocycles. The zero-order chi connectivity index (χ0) is 11.5. The zero-order valence-electron chi connectivity index (χ0n) is 9.52. The third-order valence-electron chi connectivity index (χ3n) is 3.22. The summed E-state index contributed by atoms with van der Waals surface area (Å²) in [5.41, 5.74) is 2.34. The van der Waals surface area contributed by atoms with Crippen molar-refractivity contribution in [2.75, 3.05) is 11.4 Å². The molecule has 0 saturated carbocycles. The molecular formula is C13H17NO2. The van der Waals surface area contributed by atoms with Gasteiger partial charge in [-0.1, -0.05) is 12.1 Å². The van der Waals surface area contributed by atoms with E-state index in [-0.39, 0.29) is 6.42 Å². The number of nitrogens with zero attached hydrogens (tertiary/aromatic N) is 1. The summed E-state index contributed by atoms with van der Waals surface area (Å²) in [4.78, 5) is 12.8. The quantitative estimate of drug-likeness (QED) is 0.844. The predicted octanol–water partition coefficient (Wildman–Crippen LogP) is 2.30. The molecule has 0 bridgehead atoms. The van der Waals surface area contributed by atoms with E-state index in [1.807, 2.05) is 12.1 Å². The number of hydrogen-bond donors (Lipinski definition) is 1. The molecule has 3 heteroatoms. The second-order valence-electron chi connectivity index (χ2n) is 4.39. The molecule has 0 amide bonds. The molecule has 3 nitrogen and oxygen atoms in total. The Morgan fingerprint density at radius 2 is 2.12 bits per heavy atom. The molecule has 0 aromatic heterocycles. The third kappa shape index (κ3) is 2.35. The number of carboxylic acid groups (broad SMARTS) is 1. The van der Waals surface area contributed by atoms with Crippen molar-refractivity contribution in [2.24, 2.45) is 0 Å². The summed E-state index contributed by atoms with van der Waals surface area (Å²) in [5, 5.41) is 8.59. The Labute approximate surface area is 95.7 Å². The van der Waals surface area contributed by atoms with Crippen LogP contribution in [-0.4, -0.2) is 23.7 Å². The fourth-order valence-electron chi connectivity index (χ4n) is 2.01. The average Bonchev–Trinajstić information content (AvgIpc) is 2.26. The van der Waals surface area contributed by atoms with Crippen LogP contribution < -0.4 is 4.90 Å². The summed E-state index contributed by atoms with van der Waals surface area (Å²) in [6, 6.07) is 8.89. The van der Waals surface area contributed by atoms with Crippen molar-refractivity contribution in [1.29, 1.82) is 0 Å². The number of aryl methyl sites for hydroxylation is 1. The second kappa shape index (κ2) is 4.56. The maximum absolute atomic E-state index is 10.4. The fourth-order valence-corrected chi connectivity index (χ4v) is 2.01. The van der Waals surface area contributed by atoms with Gasteiger partial charge in [0.2, 0.25) is 0 Å². The third-order valence-corrected chi connectivity index (χ3v) is 3.22. The summed E-state index contributed by atoms with van der Waals surface area (Å²) in [6.45, 7) is 3.36. The van der Waals surface area contributed by atoms with Crippen LogP contribution in [-0.2, 0) is 11.2 Å². The van der Waals surface area contributed by atoms with Crippen LogP contribution in [0.1, 0.15) is 25.3 Å². The monoisotopic (exact) mass is 219 g/mol. The summed E-state index contributed by atoms with van der Waals surface area (Å²) in [5.74, 6) is -0.736. The van der Waals surface area contributed by atoms with Crippen LogP contribution in [0.3, 0.4) is 0 Å². The van der Waals surface area contributed by atoms with Gasteiger partial charge in [0.15, 0.2) is 0 Å². The van der Waals surface area contributed by atoms with Crippen molar-refractivity contribution in [2.45, 2.75) is 32.2 Å². The van der Waals surface area contributed by atoms with Gasteiger partial charge in [-0.2, -0.15) is 0 Å². The topological polar surface area (TPSA) is 40.5 Å². The minimum absolute atomic E-state index is 0.208. The van der Waals surface area contributed by atoms with Gasteiger partial charge in [0.05, 0.1) is 0 Å². The lowest BCUT2D eigenvalue weighted by Gasteiger charge is -2.40. The van der Waals surface area contributed by atoms with E-state index in [1.54, 1.807) is 0 Å². The van der Waals surface area contributed by atoms with Gasteiger partial charge in [0.25, 0.3) is 0 Å². The first kappa shape index (κ1) is 11.0. The highest BCUT2D eigenvalue weighted by atomic mass is 16.4. The molecule has 2 rings (SSSR count). The van der Waals surface area contributed by atoms with Crippen LogP contribution in [0.2, 0.25) is 0 Å². The minimum Gasteiger partial charge on any atom is -0.481 e. The molecule has 86 valence electrons. The van der Waals surface area contributed by atoms with Crippen molar-refractivity contribution in [1.82, 2.24) is 0 Å². The lowest BCUT2D eigenvalue weighted by molar-refractivity contribution is -0.136. The van der Waals surface area contributed by atoms with E-state index in [0.29, 0.717) is 12.5 Å². The van der Waals surface area contributed by atoms with Gasteiger partial charge in [-0.25, -0.2) is 0 Å². The van der Waals surface area contributed by atoms with Crippen molar-refractivity contribution < 1.29 is 9.90 Å². The first-order valence-electron chi connectivity index (χ1n) is 5.74. The first-order valence-corrected chi connectivity index (χ1v) is 5.74. The number of hydrogen-bond acceptors (Lipinski definition) is 2. The molecule has 1 atom stereocenters. The molecule has 1 fully saturated rings. The standard InChI is InChI=1S/C13H17NO2/c1-10-8-9-14(10)12-5-2-11(3-6-12)4-7-13(15)16/h2-3,5-6,10H,4,7-9H2,1H3,(H,15,16). The lowest BCUT2D eigenvalue weighted by Crippen LogP contribution is -2.45. The molecule has 1 aliphatic heterocycles. The van der Waals surface area contributed by atoms with Crippen LogP contribution in [0.5, 0.6) is 0 Å². The molecule has 1 aromatic carbocycles. The number of rotatable bonds is 4. The van der Waals surface area contributed by atoms with Gasteiger partial charge in [-0.05, 0) is 37.5 Å². The van der Waals surface area contributed by atoms with Gasteiger partial charge in [0.1, 0.15) is 0 Å². The number of carboxylic acids is 1. The fraction of sp³-hybridized carbons (Fsp3) is 0.462. The molecule has 1 aliphatic rings. The Balaban J connectivity index is 1.96. The highest BCUT2D eigenvalue weighted by Crippen LogP contribution is 2.26. The van der Waals surface area contributed by atoms with Crippen molar-refractivity contribution in [3.05, 3.63) is 29.8 Å². The van der Waals surface area contributed by atoms with Crippen LogP contribution in [0, 0.1) is 0 Å². The number of benzene rings is 1. The van der Waals surface area contributed by atoms with Crippen LogP contribution in [0.4, 0.5) is 5.69 Å². The minimum atomic E-state index is -0.736. The van der Waals surface area contributed by atoms with Gasteiger partial charge >= 0.3 is 5.97 Å². The van der Waals surface area contributed by atoms with Crippen LogP contribution >= 0.6 is 0 Å². The van der Waals surface area contributed by atoms with E-state index in [9.17, 15) is 4.79 Å². The summed E-state index contributed by atoms with van der Waals surface area (Å²) < 4.78 is 0. The van der Waals surface area contributed by atoms with Gasteiger partial charge in [-0.3, -0.25) is 4.79 Å². The van der Waals surface area contributed by atoms with Crippen molar-refractivity contribution in [3.63, 3.8) is 0 Å². The maximum atomic E-state index is 10.4. The molecular weight excluding hydrogens is 202 g/mol. The molecule has 1 heterocycles. The largest absolute Gasteiger partial charge is 0.481 e. The first-order chi connectivity index (χ1) is 7.66. The van der Waals surface area contributed by atoms with Crippen molar-refractivity contribution >= 4 is 11.7 Å². The van der Waals surface area contributed by atoms with E-state index in [2.05, 4.69) is 24.0 Å². The van der Waals surface area contributed by atoms with Crippen molar-refractivity contribution in [3.8, 4) is 0 Å². The summed E-state index contributed by atoms with van der Waals surface area (Å²) >= 11 is 0. The summed E-state index contributed by atoms with van der Waals surface area (Å²) in [6.07, 6.45) is 2.09. The molecule has 16 heavy (non-hydrogen) atoms. The summed E-state index contributed by atoms with van der Waals surface area (Å²) in [7, 11) is 0. The molecule has 1 unspecified atom stereocenters. The molecule has 1 aromatic rings. The van der Waals surface area contributed by atoms with E-state index >= 15 is 0 Å². The maximum Gasteiger partial charge on any atom is 0.303 e. The van der Waals surface area contributed by atoms with E-state index in [4.69, 9.17) is 5.11 Å². The van der Waals surface area contributed by atoms with E-state index in [1.165, 1.54) is 12.1 Å². The highest BCUT2D eigenvalue weighted by Gasteiger charge is 2.23. The number of aliphatic carboxylic acids is 1. The number of carbonyl (C=O) groups is 1. The SMILES string of the molecule is CC1CCN1c1ccc(CCC(=O)O)cc1. The van der Waals surface area contributed by atoms with Gasteiger partial charge in [0, 0.05) is 24.7 Å². The zero-order valence-corrected chi connectivity index (χ0v) is 9.52. The second-order valence-corrected chi connectivity index (χ2v) is 4.39. The Morgan fingerprint density at radius 1 is 1.44 bits per heavy atom. The highest BCUT2D eigenvalue weighted by molar-refractivity contribution is 5.67. The molecule has 0 spiro atoms. The molecule has 0 aliphatic carbocycles. The predicted molar refractivity (Wildman–Crippen MR) is 63.8 cm³/mol. The Bertz CT molecular complexity index is 372. The normalized spacial score (nSPS) is 19.3. The van der Waals surface area contributed by atoms with E-state index < -0.39 is 5.97 Å².